The molecule has 0 unspecified atom stereocenters. The predicted octanol–water partition coefficient (Wildman–Crippen LogP) is 3.23. The van der Waals surface area contributed by atoms with E-state index < -0.39 is 17.8 Å². The maximum Gasteiger partial charge on any atom is 0.329 e. The summed E-state index contributed by atoms with van der Waals surface area (Å²) in [4.78, 5) is 25.5. The molecule has 0 spiro atoms. The molecule has 0 atom stereocenters. The van der Waals surface area contributed by atoms with Gasteiger partial charge in [-0.3, -0.25) is 9.69 Å². The highest BCUT2D eigenvalue weighted by atomic mass is 19.1. The van der Waals surface area contributed by atoms with Gasteiger partial charge in [-0.1, -0.05) is 48.0 Å². The quantitative estimate of drug-likeness (QED) is 0.699. The molecule has 4 nitrogen and oxygen atoms in total. The molecule has 0 saturated carbocycles. The summed E-state index contributed by atoms with van der Waals surface area (Å²) in [6.07, 6.45) is 1.35. The Labute approximate surface area is 133 Å². The van der Waals surface area contributed by atoms with Gasteiger partial charge in [0.2, 0.25) is 0 Å². The van der Waals surface area contributed by atoms with Crippen molar-refractivity contribution in [3.8, 4) is 0 Å². The minimum atomic E-state index is -0.501. The van der Waals surface area contributed by atoms with Gasteiger partial charge in [0.15, 0.2) is 0 Å². The van der Waals surface area contributed by atoms with Crippen molar-refractivity contribution in [3.63, 3.8) is 0 Å². The highest BCUT2D eigenvalue weighted by Crippen LogP contribution is 2.18. The molecule has 1 aliphatic heterocycles. The van der Waals surface area contributed by atoms with Crippen LogP contribution in [0.1, 0.15) is 16.7 Å². The molecule has 1 N–H and O–H groups in total. The Morgan fingerprint density at radius 3 is 2.65 bits per heavy atom. The van der Waals surface area contributed by atoms with Crippen LogP contribution < -0.4 is 5.32 Å². The van der Waals surface area contributed by atoms with Gasteiger partial charge in [0.1, 0.15) is 11.5 Å². The SMILES string of the molecule is Cc1cccc(CN2C(=O)NC(=Cc3ccccc3F)C2=O)c1. The Kier molecular flexibility index (Phi) is 3.93. The van der Waals surface area contributed by atoms with Crippen LogP contribution in [-0.2, 0) is 11.3 Å². The lowest BCUT2D eigenvalue weighted by molar-refractivity contribution is -0.123. The fraction of sp³-hybridized carbons (Fsp3) is 0.111. The largest absolute Gasteiger partial charge is 0.329 e. The van der Waals surface area contributed by atoms with Crippen molar-refractivity contribution in [2.45, 2.75) is 13.5 Å². The lowest BCUT2D eigenvalue weighted by Gasteiger charge is -2.12. The van der Waals surface area contributed by atoms with Crippen LogP contribution in [0.25, 0.3) is 6.08 Å². The smallest absolute Gasteiger partial charge is 0.303 e. The minimum Gasteiger partial charge on any atom is -0.303 e. The molecule has 2 aromatic carbocycles. The number of hydrogen-bond acceptors (Lipinski definition) is 2. The number of benzene rings is 2. The molecule has 23 heavy (non-hydrogen) atoms. The molecule has 0 bridgehead atoms. The number of nitrogens with one attached hydrogen (secondary N) is 1. The molecular formula is C18H15FN2O2. The number of carbonyl (C=O) groups excluding carboxylic acids is 2. The first-order valence-electron chi connectivity index (χ1n) is 7.19. The zero-order chi connectivity index (χ0) is 16.4. The summed E-state index contributed by atoms with van der Waals surface area (Å²) in [6, 6.07) is 13.2. The van der Waals surface area contributed by atoms with E-state index in [-0.39, 0.29) is 17.8 Å². The van der Waals surface area contributed by atoms with E-state index >= 15 is 0 Å². The van der Waals surface area contributed by atoms with E-state index in [1.165, 1.54) is 12.1 Å². The topological polar surface area (TPSA) is 49.4 Å². The summed E-state index contributed by atoms with van der Waals surface area (Å²) in [5, 5.41) is 2.50. The first-order valence-corrected chi connectivity index (χ1v) is 7.19. The summed E-state index contributed by atoms with van der Waals surface area (Å²) in [5.74, 6) is -0.904. The van der Waals surface area contributed by atoms with Crippen LogP contribution in [-0.4, -0.2) is 16.8 Å². The average Bonchev–Trinajstić information content (AvgIpc) is 2.77. The van der Waals surface area contributed by atoms with Gasteiger partial charge < -0.3 is 5.32 Å². The van der Waals surface area contributed by atoms with Gasteiger partial charge in [-0.2, -0.15) is 0 Å². The molecule has 3 amide bonds. The Balaban J connectivity index is 1.84. The van der Waals surface area contributed by atoms with Crippen LogP contribution in [0.2, 0.25) is 0 Å². The van der Waals surface area contributed by atoms with Crippen LogP contribution in [0.15, 0.2) is 54.2 Å². The number of rotatable bonds is 3. The Bertz CT molecular complexity index is 814. The van der Waals surface area contributed by atoms with E-state index in [0.29, 0.717) is 0 Å². The van der Waals surface area contributed by atoms with Crippen molar-refractivity contribution >= 4 is 18.0 Å². The average molecular weight is 310 g/mol. The number of urea groups is 1. The van der Waals surface area contributed by atoms with Crippen molar-refractivity contribution in [1.29, 1.82) is 0 Å². The number of aryl methyl sites for hydroxylation is 1. The fourth-order valence-corrected chi connectivity index (χ4v) is 2.46. The molecule has 5 heteroatoms. The Morgan fingerprint density at radius 2 is 1.91 bits per heavy atom. The summed E-state index contributed by atoms with van der Waals surface area (Å²) < 4.78 is 13.7. The second-order valence-corrected chi connectivity index (χ2v) is 5.39. The summed E-state index contributed by atoms with van der Waals surface area (Å²) in [6.45, 7) is 2.12. The van der Waals surface area contributed by atoms with Gasteiger partial charge in [0.05, 0.1) is 6.54 Å². The van der Waals surface area contributed by atoms with E-state index in [1.807, 2.05) is 31.2 Å². The van der Waals surface area contributed by atoms with Gasteiger partial charge in [-0.05, 0) is 24.6 Å². The number of nitrogens with zero attached hydrogens (tertiary/aromatic N) is 1. The molecule has 1 aliphatic rings. The second-order valence-electron chi connectivity index (χ2n) is 5.39. The Morgan fingerprint density at radius 1 is 1.13 bits per heavy atom. The highest BCUT2D eigenvalue weighted by Gasteiger charge is 2.33. The second kappa shape index (κ2) is 6.04. The third-order valence-electron chi connectivity index (χ3n) is 3.59. The first kappa shape index (κ1) is 15.0. The summed E-state index contributed by atoms with van der Waals surface area (Å²) in [7, 11) is 0. The monoisotopic (exact) mass is 310 g/mol. The van der Waals surface area contributed by atoms with Crippen molar-refractivity contribution in [2.75, 3.05) is 0 Å². The van der Waals surface area contributed by atoms with Crippen molar-refractivity contribution in [1.82, 2.24) is 10.2 Å². The third kappa shape index (κ3) is 3.13. The molecule has 0 aliphatic carbocycles. The van der Waals surface area contributed by atoms with E-state index in [4.69, 9.17) is 0 Å². The van der Waals surface area contributed by atoms with E-state index in [2.05, 4.69) is 5.32 Å². The van der Waals surface area contributed by atoms with Gasteiger partial charge in [0.25, 0.3) is 5.91 Å². The summed E-state index contributed by atoms with van der Waals surface area (Å²) in [5.41, 5.74) is 2.25. The highest BCUT2D eigenvalue weighted by molar-refractivity contribution is 6.13. The molecule has 1 saturated heterocycles. The Hall–Kier alpha value is -2.95. The maximum atomic E-state index is 13.7. The van der Waals surface area contributed by atoms with Crippen molar-refractivity contribution in [3.05, 3.63) is 76.7 Å². The number of hydrogen-bond donors (Lipinski definition) is 1. The third-order valence-corrected chi connectivity index (χ3v) is 3.59. The lowest BCUT2D eigenvalue weighted by atomic mass is 10.1. The van der Waals surface area contributed by atoms with E-state index in [9.17, 15) is 14.0 Å². The van der Waals surface area contributed by atoms with Crippen molar-refractivity contribution in [2.24, 2.45) is 0 Å². The summed E-state index contributed by atoms with van der Waals surface area (Å²) >= 11 is 0. The molecule has 1 fully saturated rings. The molecule has 2 aromatic rings. The van der Waals surface area contributed by atoms with Gasteiger partial charge in [-0.25, -0.2) is 9.18 Å². The van der Waals surface area contributed by atoms with Crippen LogP contribution in [0.3, 0.4) is 0 Å². The predicted molar refractivity (Wildman–Crippen MR) is 84.6 cm³/mol. The zero-order valence-electron chi connectivity index (χ0n) is 12.5. The number of carbonyl (C=O) groups is 2. The fourth-order valence-electron chi connectivity index (χ4n) is 2.46. The normalized spacial score (nSPS) is 16.1. The van der Waals surface area contributed by atoms with Gasteiger partial charge in [0, 0.05) is 5.56 Å². The molecule has 1 heterocycles. The number of halogens is 1. The van der Waals surface area contributed by atoms with E-state index in [1.54, 1.807) is 18.2 Å². The van der Waals surface area contributed by atoms with Crippen molar-refractivity contribution < 1.29 is 14.0 Å². The van der Waals surface area contributed by atoms with Crippen LogP contribution in [0, 0.1) is 12.7 Å². The molecule has 0 radical (unpaired) electrons. The molecule has 116 valence electrons. The van der Waals surface area contributed by atoms with Gasteiger partial charge in [-0.15, -0.1) is 0 Å². The molecule has 3 rings (SSSR count). The first-order chi connectivity index (χ1) is 11.0. The molecule has 0 aromatic heterocycles. The van der Waals surface area contributed by atoms with Crippen LogP contribution in [0.5, 0.6) is 0 Å². The number of amides is 3. The van der Waals surface area contributed by atoms with Gasteiger partial charge >= 0.3 is 6.03 Å². The van der Waals surface area contributed by atoms with E-state index in [0.717, 1.165) is 16.0 Å². The lowest BCUT2D eigenvalue weighted by Crippen LogP contribution is -2.30. The standard InChI is InChI=1S/C18H15FN2O2/c1-12-5-4-6-13(9-12)11-21-17(22)16(20-18(21)23)10-14-7-2-3-8-15(14)19/h2-10H,11H2,1H3,(H,20,23). The number of imide groups is 1. The zero-order valence-corrected chi connectivity index (χ0v) is 12.5. The van der Waals surface area contributed by atoms with Crippen LogP contribution in [0.4, 0.5) is 9.18 Å². The maximum absolute atomic E-state index is 13.7. The van der Waals surface area contributed by atoms with Crippen LogP contribution >= 0.6 is 0 Å². The molecular weight excluding hydrogens is 295 g/mol. The minimum absolute atomic E-state index is 0.0766.